The Labute approximate surface area is 113 Å². The van der Waals surface area contributed by atoms with E-state index in [4.69, 9.17) is 4.74 Å². The largest absolute Gasteiger partial charge is 0.465 e. The van der Waals surface area contributed by atoms with Crippen molar-refractivity contribution in [1.82, 2.24) is 0 Å². The molecule has 1 aromatic rings. The summed E-state index contributed by atoms with van der Waals surface area (Å²) < 4.78 is 18.5. The zero-order valence-corrected chi connectivity index (χ0v) is 11.8. The third-order valence-corrected chi connectivity index (χ3v) is 2.90. The number of halogens is 2. The van der Waals surface area contributed by atoms with Crippen LogP contribution in [0.15, 0.2) is 22.7 Å². The lowest BCUT2D eigenvalue weighted by Crippen LogP contribution is -2.25. The van der Waals surface area contributed by atoms with Crippen molar-refractivity contribution in [2.24, 2.45) is 5.92 Å². The molecule has 0 aliphatic carbocycles. The number of benzene rings is 1. The fourth-order valence-corrected chi connectivity index (χ4v) is 2.06. The zero-order chi connectivity index (χ0) is 13.7. The topological polar surface area (TPSA) is 43.4 Å². The second kappa shape index (κ2) is 6.64. The summed E-state index contributed by atoms with van der Waals surface area (Å²) in [6.45, 7) is 3.61. The van der Waals surface area contributed by atoms with Gasteiger partial charge in [0.15, 0.2) is 5.78 Å². The Morgan fingerprint density at radius 2 is 2.00 bits per heavy atom. The molecule has 0 aliphatic heterocycles. The van der Waals surface area contributed by atoms with Crippen molar-refractivity contribution in [3.05, 3.63) is 34.1 Å². The Hall–Kier alpha value is -1.23. The molecule has 0 saturated heterocycles. The molecule has 18 heavy (non-hydrogen) atoms. The van der Waals surface area contributed by atoms with Gasteiger partial charge in [0.05, 0.1) is 6.61 Å². The first kappa shape index (κ1) is 14.8. The Bertz CT molecular complexity index is 439. The van der Waals surface area contributed by atoms with E-state index in [2.05, 4.69) is 15.9 Å². The summed E-state index contributed by atoms with van der Waals surface area (Å²) in [4.78, 5) is 23.7. The predicted molar refractivity (Wildman–Crippen MR) is 68.8 cm³/mol. The van der Waals surface area contributed by atoms with Crippen LogP contribution in [0.2, 0.25) is 0 Å². The number of hydrogen-bond acceptors (Lipinski definition) is 3. The molecule has 0 aliphatic rings. The Balaban J connectivity index is 2.99. The van der Waals surface area contributed by atoms with Gasteiger partial charge in [0.25, 0.3) is 0 Å². The van der Waals surface area contributed by atoms with E-state index in [9.17, 15) is 14.0 Å². The van der Waals surface area contributed by atoms with Gasteiger partial charge >= 0.3 is 5.97 Å². The lowest BCUT2D eigenvalue weighted by Gasteiger charge is -2.12. The number of hydrogen-bond donors (Lipinski definition) is 0. The van der Waals surface area contributed by atoms with Gasteiger partial charge in [-0.25, -0.2) is 4.39 Å². The van der Waals surface area contributed by atoms with Crippen LogP contribution in [0.3, 0.4) is 0 Å². The molecular formula is C13H14BrFO3. The maximum atomic E-state index is 13.2. The average Bonchev–Trinajstić information content (AvgIpc) is 2.28. The maximum Gasteiger partial charge on any atom is 0.316 e. The van der Waals surface area contributed by atoms with Gasteiger partial charge in [-0.1, -0.05) is 22.9 Å². The van der Waals surface area contributed by atoms with Crippen molar-refractivity contribution < 1.29 is 18.7 Å². The molecule has 1 aromatic carbocycles. The van der Waals surface area contributed by atoms with E-state index in [1.165, 1.54) is 12.1 Å². The number of rotatable bonds is 5. The van der Waals surface area contributed by atoms with Gasteiger partial charge in [0, 0.05) is 10.0 Å². The molecule has 3 nitrogen and oxygen atoms in total. The molecule has 5 heteroatoms. The van der Waals surface area contributed by atoms with Crippen molar-refractivity contribution >= 4 is 27.7 Å². The van der Waals surface area contributed by atoms with E-state index < -0.39 is 23.5 Å². The molecule has 1 rings (SSSR count). The molecule has 0 fully saturated rings. The lowest BCUT2D eigenvalue weighted by atomic mass is 9.95. The van der Waals surface area contributed by atoms with Gasteiger partial charge in [-0.05, 0) is 31.5 Å². The molecule has 0 aromatic heterocycles. The maximum absolute atomic E-state index is 13.2. The Kier molecular flexibility index (Phi) is 5.47. The van der Waals surface area contributed by atoms with E-state index in [0.29, 0.717) is 10.9 Å². The number of Topliss-reactive ketones (excluding diaryl/α,β-unsaturated/α-hetero) is 1. The first-order valence-corrected chi connectivity index (χ1v) is 6.45. The number of esters is 1. The normalized spacial score (nSPS) is 12.0. The van der Waals surface area contributed by atoms with Crippen LogP contribution in [0.25, 0.3) is 0 Å². The fraction of sp³-hybridized carbons (Fsp3) is 0.385. The number of ether oxygens (including phenoxy) is 1. The second-order valence-corrected chi connectivity index (χ2v) is 4.65. The zero-order valence-electron chi connectivity index (χ0n) is 10.2. The summed E-state index contributed by atoms with van der Waals surface area (Å²) in [5, 5.41) is 0. The number of carbonyl (C=O) groups excluding carboxylic acids is 2. The van der Waals surface area contributed by atoms with Crippen LogP contribution in [0.1, 0.15) is 30.6 Å². The molecule has 0 amide bonds. The minimum absolute atomic E-state index is 0.168. The van der Waals surface area contributed by atoms with Crippen LogP contribution in [0.5, 0.6) is 0 Å². The fourth-order valence-electron chi connectivity index (χ4n) is 1.60. The van der Waals surface area contributed by atoms with E-state index in [0.717, 1.165) is 6.07 Å². The molecule has 0 heterocycles. The SMILES string of the molecule is CCOC(=O)C(CC)C(=O)c1cc(F)cc(Br)c1. The number of carbonyl (C=O) groups is 2. The van der Waals surface area contributed by atoms with Crippen LogP contribution < -0.4 is 0 Å². The van der Waals surface area contributed by atoms with Crippen LogP contribution in [-0.2, 0) is 9.53 Å². The predicted octanol–water partition coefficient (Wildman–Crippen LogP) is 3.36. The molecule has 0 bridgehead atoms. The van der Waals surface area contributed by atoms with Crippen LogP contribution in [-0.4, -0.2) is 18.4 Å². The Morgan fingerprint density at radius 3 is 2.50 bits per heavy atom. The summed E-state index contributed by atoms with van der Waals surface area (Å²) in [5.74, 6) is -2.38. The van der Waals surface area contributed by atoms with Crippen molar-refractivity contribution in [3.63, 3.8) is 0 Å². The number of ketones is 1. The molecule has 98 valence electrons. The quantitative estimate of drug-likeness (QED) is 0.475. The van der Waals surface area contributed by atoms with Gasteiger partial charge in [-0.15, -0.1) is 0 Å². The van der Waals surface area contributed by atoms with Crippen molar-refractivity contribution in [2.45, 2.75) is 20.3 Å². The molecule has 0 radical (unpaired) electrons. The van der Waals surface area contributed by atoms with Crippen molar-refractivity contribution in [1.29, 1.82) is 0 Å². The van der Waals surface area contributed by atoms with Crippen LogP contribution in [0.4, 0.5) is 4.39 Å². The summed E-state index contributed by atoms with van der Waals surface area (Å²) in [6.07, 6.45) is 0.325. The van der Waals surface area contributed by atoms with E-state index >= 15 is 0 Å². The highest BCUT2D eigenvalue weighted by Crippen LogP contribution is 2.20. The second-order valence-electron chi connectivity index (χ2n) is 3.74. The summed E-state index contributed by atoms with van der Waals surface area (Å²) in [5.41, 5.74) is 0.168. The van der Waals surface area contributed by atoms with Gasteiger partial charge in [0.1, 0.15) is 11.7 Å². The van der Waals surface area contributed by atoms with Gasteiger partial charge < -0.3 is 4.74 Å². The highest BCUT2D eigenvalue weighted by Gasteiger charge is 2.27. The minimum Gasteiger partial charge on any atom is -0.465 e. The lowest BCUT2D eigenvalue weighted by molar-refractivity contribution is -0.146. The highest BCUT2D eigenvalue weighted by molar-refractivity contribution is 9.10. The van der Waals surface area contributed by atoms with Crippen LogP contribution >= 0.6 is 15.9 Å². The van der Waals surface area contributed by atoms with Crippen molar-refractivity contribution in [3.8, 4) is 0 Å². The van der Waals surface area contributed by atoms with Gasteiger partial charge in [-0.2, -0.15) is 0 Å². The molecular weight excluding hydrogens is 303 g/mol. The van der Waals surface area contributed by atoms with E-state index in [1.807, 2.05) is 0 Å². The van der Waals surface area contributed by atoms with Crippen molar-refractivity contribution in [2.75, 3.05) is 6.61 Å². The Morgan fingerprint density at radius 1 is 1.33 bits per heavy atom. The summed E-state index contributed by atoms with van der Waals surface area (Å²) in [6, 6.07) is 3.87. The molecule has 1 atom stereocenters. The molecule has 0 N–H and O–H groups in total. The summed E-state index contributed by atoms with van der Waals surface area (Å²) >= 11 is 3.11. The highest BCUT2D eigenvalue weighted by atomic mass is 79.9. The first-order chi connectivity index (χ1) is 8.49. The first-order valence-electron chi connectivity index (χ1n) is 5.66. The van der Waals surface area contributed by atoms with E-state index in [-0.39, 0.29) is 12.2 Å². The van der Waals surface area contributed by atoms with Gasteiger partial charge in [0.2, 0.25) is 0 Å². The molecule has 1 unspecified atom stereocenters. The third-order valence-electron chi connectivity index (χ3n) is 2.44. The van der Waals surface area contributed by atoms with Crippen LogP contribution in [0, 0.1) is 11.7 Å². The molecule has 0 spiro atoms. The van der Waals surface area contributed by atoms with Gasteiger partial charge in [-0.3, -0.25) is 9.59 Å². The van der Waals surface area contributed by atoms with E-state index in [1.54, 1.807) is 13.8 Å². The monoisotopic (exact) mass is 316 g/mol. The minimum atomic E-state index is -0.876. The summed E-state index contributed by atoms with van der Waals surface area (Å²) in [7, 11) is 0. The smallest absolute Gasteiger partial charge is 0.316 e. The molecule has 0 saturated carbocycles. The standard InChI is InChI=1S/C13H14BrFO3/c1-3-11(13(17)18-4-2)12(16)8-5-9(14)7-10(15)6-8/h5-7,11H,3-4H2,1-2H3. The average molecular weight is 317 g/mol. The third kappa shape index (κ3) is 3.63.